The number of hydrogen-bond donors (Lipinski definition) is 4. The molecule has 0 fully saturated rings. The van der Waals surface area contributed by atoms with Crippen LogP contribution in [0.1, 0.15) is 13.8 Å². The highest BCUT2D eigenvalue weighted by molar-refractivity contribution is 4.57. The Kier molecular flexibility index (Phi) is 10.8. The Bertz CT molecular complexity index is 106. The summed E-state index contributed by atoms with van der Waals surface area (Å²) in [5.74, 6) is 0. The van der Waals surface area contributed by atoms with Gasteiger partial charge in [0.2, 0.25) is 0 Å². The van der Waals surface area contributed by atoms with E-state index < -0.39 is 0 Å². The van der Waals surface area contributed by atoms with Crippen molar-refractivity contribution in [2.24, 2.45) is 0 Å². The minimum absolute atomic E-state index is 0.588. The first kappa shape index (κ1) is 13.8. The predicted octanol–water partition coefficient (Wildman–Crippen LogP) is -0.617. The van der Waals surface area contributed by atoms with Crippen LogP contribution in [0, 0.1) is 0 Å². The van der Waals surface area contributed by atoms with E-state index >= 15 is 0 Å². The lowest BCUT2D eigenvalue weighted by Gasteiger charge is -2.09. The second-order valence-corrected chi connectivity index (χ2v) is 3.71. The van der Waals surface area contributed by atoms with Gasteiger partial charge in [-0.05, 0) is 7.05 Å². The van der Waals surface area contributed by atoms with E-state index in [2.05, 4.69) is 35.1 Å². The molecule has 0 aliphatic heterocycles. The minimum atomic E-state index is 0.588. The Hall–Kier alpha value is -0.160. The monoisotopic (exact) mass is 202 g/mol. The van der Waals surface area contributed by atoms with E-state index in [1.165, 1.54) is 0 Å². The third-order valence-electron chi connectivity index (χ3n) is 1.88. The lowest BCUT2D eigenvalue weighted by molar-refractivity contribution is 0.543. The van der Waals surface area contributed by atoms with E-state index in [9.17, 15) is 0 Å². The number of hydrogen-bond acceptors (Lipinski definition) is 4. The van der Waals surface area contributed by atoms with Gasteiger partial charge < -0.3 is 21.3 Å². The Morgan fingerprint density at radius 3 is 1.79 bits per heavy atom. The fraction of sp³-hybridized carbons (Fsp3) is 1.00. The highest BCUT2D eigenvalue weighted by atomic mass is 15.0. The van der Waals surface area contributed by atoms with Crippen molar-refractivity contribution in [2.75, 3.05) is 46.3 Å². The van der Waals surface area contributed by atoms with Crippen LogP contribution in [0.25, 0.3) is 0 Å². The van der Waals surface area contributed by atoms with Crippen LogP contribution in [-0.2, 0) is 0 Å². The molecule has 4 heteroatoms. The highest BCUT2D eigenvalue weighted by Crippen LogP contribution is 1.72. The Morgan fingerprint density at radius 1 is 0.786 bits per heavy atom. The van der Waals surface area contributed by atoms with E-state index in [4.69, 9.17) is 0 Å². The molecule has 0 saturated heterocycles. The van der Waals surface area contributed by atoms with Gasteiger partial charge in [0.15, 0.2) is 0 Å². The summed E-state index contributed by atoms with van der Waals surface area (Å²) in [5.41, 5.74) is 0. The van der Waals surface area contributed by atoms with E-state index in [1.807, 2.05) is 7.05 Å². The molecule has 0 spiro atoms. The van der Waals surface area contributed by atoms with Crippen LogP contribution in [-0.4, -0.2) is 52.4 Å². The molecule has 0 bridgehead atoms. The number of rotatable bonds is 10. The maximum Gasteiger partial charge on any atom is 0.00791 e. The lowest BCUT2D eigenvalue weighted by atomic mass is 10.4. The minimum Gasteiger partial charge on any atom is -0.318 e. The van der Waals surface area contributed by atoms with Crippen molar-refractivity contribution in [3.63, 3.8) is 0 Å². The maximum atomic E-state index is 3.37. The smallest absolute Gasteiger partial charge is 0.00791 e. The quantitative estimate of drug-likeness (QED) is 0.357. The van der Waals surface area contributed by atoms with Gasteiger partial charge in [0.25, 0.3) is 0 Å². The zero-order valence-corrected chi connectivity index (χ0v) is 9.82. The fourth-order valence-corrected chi connectivity index (χ4v) is 1.09. The molecule has 0 saturated carbocycles. The van der Waals surface area contributed by atoms with Crippen LogP contribution >= 0.6 is 0 Å². The molecule has 4 nitrogen and oxygen atoms in total. The zero-order valence-electron chi connectivity index (χ0n) is 9.82. The number of nitrogens with one attached hydrogen (secondary N) is 4. The van der Waals surface area contributed by atoms with Gasteiger partial charge in [-0.2, -0.15) is 0 Å². The van der Waals surface area contributed by atoms with Crippen molar-refractivity contribution in [2.45, 2.75) is 19.9 Å². The van der Waals surface area contributed by atoms with Crippen molar-refractivity contribution in [1.82, 2.24) is 21.3 Å². The van der Waals surface area contributed by atoms with Crippen LogP contribution < -0.4 is 21.3 Å². The van der Waals surface area contributed by atoms with Gasteiger partial charge in [-0.25, -0.2) is 0 Å². The van der Waals surface area contributed by atoms with Crippen LogP contribution in [0.15, 0.2) is 0 Å². The number of likely N-dealkylation sites (N-methyl/N-ethyl adjacent to an activating group) is 1. The topological polar surface area (TPSA) is 48.1 Å². The molecule has 0 unspecified atom stereocenters. The van der Waals surface area contributed by atoms with Gasteiger partial charge >= 0.3 is 0 Å². The largest absolute Gasteiger partial charge is 0.318 e. The molecule has 0 atom stereocenters. The molecule has 0 aliphatic carbocycles. The molecule has 4 N–H and O–H groups in total. The molecule has 0 aromatic rings. The van der Waals surface area contributed by atoms with Crippen LogP contribution in [0.5, 0.6) is 0 Å². The van der Waals surface area contributed by atoms with Gasteiger partial charge in [0.05, 0.1) is 0 Å². The molecule has 0 amide bonds. The molecule has 0 heterocycles. The van der Waals surface area contributed by atoms with Crippen molar-refractivity contribution in [3.8, 4) is 0 Å². The summed E-state index contributed by atoms with van der Waals surface area (Å²) >= 11 is 0. The molecule has 0 rings (SSSR count). The van der Waals surface area contributed by atoms with Gasteiger partial charge in [0, 0.05) is 45.3 Å². The summed E-state index contributed by atoms with van der Waals surface area (Å²) in [6, 6.07) is 0.588. The standard InChI is InChI=1S/C10H26N4/c1-10(2)14-9-8-13-7-6-12-5-4-11-3/h10-14H,4-9H2,1-3H3. The first-order valence-electron chi connectivity index (χ1n) is 5.56. The highest BCUT2D eigenvalue weighted by Gasteiger charge is 1.90. The van der Waals surface area contributed by atoms with Gasteiger partial charge in [-0.1, -0.05) is 13.8 Å². The van der Waals surface area contributed by atoms with Crippen molar-refractivity contribution in [3.05, 3.63) is 0 Å². The van der Waals surface area contributed by atoms with Gasteiger partial charge in [-0.3, -0.25) is 0 Å². The Labute approximate surface area is 88.2 Å². The molecular weight excluding hydrogens is 176 g/mol. The molecule has 14 heavy (non-hydrogen) atoms. The summed E-state index contributed by atoms with van der Waals surface area (Å²) in [4.78, 5) is 0. The third-order valence-corrected chi connectivity index (χ3v) is 1.88. The summed E-state index contributed by atoms with van der Waals surface area (Å²) < 4.78 is 0. The molecule has 0 aromatic carbocycles. The van der Waals surface area contributed by atoms with Crippen LogP contribution in [0.3, 0.4) is 0 Å². The second-order valence-electron chi connectivity index (χ2n) is 3.71. The zero-order chi connectivity index (χ0) is 10.6. The second kappa shape index (κ2) is 10.9. The molecule has 0 radical (unpaired) electrons. The van der Waals surface area contributed by atoms with E-state index in [-0.39, 0.29) is 0 Å². The first-order chi connectivity index (χ1) is 6.77. The molecule has 0 aromatic heterocycles. The molecular formula is C10H26N4. The molecule has 0 aliphatic rings. The van der Waals surface area contributed by atoms with Crippen LogP contribution in [0.4, 0.5) is 0 Å². The summed E-state index contributed by atoms with van der Waals surface area (Å²) in [5, 5.41) is 13.2. The van der Waals surface area contributed by atoms with Crippen LogP contribution in [0.2, 0.25) is 0 Å². The van der Waals surface area contributed by atoms with E-state index in [0.29, 0.717) is 6.04 Å². The van der Waals surface area contributed by atoms with Gasteiger partial charge in [-0.15, -0.1) is 0 Å². The fourth-order valence-electron chi connectivity index (χ4n) is 1.09. The summed E-state index contributed by atoms with van der Waals surface area (Å²) in [6.07, 6.45) is 0. The summed E-state index contributed by atoms with van der Waals surface area (Å²) in [7, 11) is 1.97. The molecule has 86 valence electrons. The Balaban J connectivity index is 2.85. The van der Waals surface area contributed by atoms with Gasteiger partial charge in [0.1, 0.15) is 0 Å². The summed E-state index contributed by atoms with van der Waals surface area (Å²) in [6.45, 7) is 10.6. The Morgan fingerprint density at radius 2 is 1.29 bits per heavy atom. The van der Waals surface area contributed by atoms with E-state index in [1.54, 1.807) is 0 Å². The van der Waals surface area contributed by atoms with Crippen molar-refractivity contribution >= 4 is 0 Å². The first-order valence-corrected chi connectivity index (χ1v) is 5.56. The van der Waals surface area contributed by atoms with E-state index in [0.717, 1.165) is 39.3 Å². The average Bonchev–Trinajstić information content (AvgIpc) is 2.15. The maximum absolute atomic E-state index is 3.37. The SMILES string of the molecule is CNCCNCCNCCNC(C)C. The third kappa shape index (κ3) is 11.8. The van der Waals surface area contributed by atoms with Crippen molar-refractivity contribution < 1.29 is 0 Å². The average molecular weight is 202 g/mol. The normalized spacial score (nSPS) is 11.1. The lowest BCUT2D eigenvalue weighted by Crippen LogP contribution is -2.36. The van der Waals surface area contributed by atoms with Crippen molar-refractivity contribution in [1.29, 1.82) is 0 Å². The predicted molar refractivity (Wildman–Crippen MR) is 62.8 cm³/mol.